The van der Waals surface area contributed by atoms with Crippen LogP contribution in [-0.4, -0.2) is 23.7 Å². The van der Waals surface area contributed by atoms with Gasteiger partial charge >= 0.3 is 0 Å². The molecule has 0 amide bonds. The highest BCUT2D eigenvalue weighted by molar-refractivity contribution is 5.88. The zero-order valence-electron chi connectivity index (χ0n) is 14.0. The number of ether oxygens (including phenoxy) is 2. The topological polar surface area (TPSA) is 34.6 Å². The highest BCUT2D eigenvalue weighted by atomic mass is 16.5. The van der Waals surface area contributed by atoms with Crippen LogP contribution in [0.3, 0.4) is 0 Å². The van der Waals surface area contributed by atoms with Gasteiger partial charge in [-0.2, -0.15) is 0 Å². The first kappa shape index (κ1) is 15.0. The molecule has 0 bridgehead atoms. The number of hydrogen-bond acceptors (Lipinski definition) is 4. The lowest BCUT2D eigenvalue weighted by Crippen LogP contribution is -2.31. The average molecular weight is 320 g/mol. The first-order valence-corrected chi connectivity index (χ1v) is 8.10. The van der Waals surface area contributed by atoms with E-state index in [-0.39, 0.29) is 0 Å². The van der Waals surface area contributed by atoms with Crippen LogP contribution in [0.5, 0.6) is 11.5 Å². The van der Waals surface area contributed by atoms with Gasteiger partial charge in [-0.1, -0.05) is 24.3 Å². The highest BCUT2D eigenvalue weighted by Gasteiger charge is 2.21. The summed E-state index contributed by atoms with van der Waals surface area (Å²) in [6.45, 7) is 4.43. The van der Waals surface area contributed by atoms with Gasteiger partial charge < -0.3 is 9.47 Å². The maximum Gasteiger partial charge on any atom is 0.152 e. The number of aryl methyl sites for hydroxylation is 1. The predicted molar refractivity (Wildman–Crippen MR) is 94.2 cm³/mol. The van der Waals surface area contributed by atoms with Crippen molar-refractivity contribution in [3.8, 4) is 11.5 Å². The molecule has 4 nitrogen and oxygen atoms in total. The fourth-order valence-corrected chi connectivity index (χ4v) is 3.27. The van der Waals surface area contributed by atoms with Gasteiger partial charge in [-0.15, -0.1) is 0 Å². The molecule has 0 N–H and O–H groups in total. The van der Waals surface area contributed by atoms with E-state index in [4.69, 9.17) is 9.47 Å². The first-order chi connectivity index (χ1) is 11.7. The van der Waals surface area contributed by atoms with Crippen LogP contribution in [0.15, 0.2) is 48.7 Å². The molecule has 1 aliphatic rings. The fourth-order valence-electron chi connectivity index (χ4n) is 3.27. The Labute approximate surface area is 141 Å². The number of nitrogens with zero attached hydrogens (tertiary/aromatic N) is 2. The van der Waals surface area contributed by atoms with Crippen LogP contribution in [0.25, 0.3) is 10.9 Å². The van der Waals surface area contributed by atoms with Crippen LogP contribution >= 0.6 is 0 Å². The fraction of sp³-hybridized carbons (Fsp3) is 0.250. The largest absolute Gasteiger partial charge is 0.497 e. The molecule has 0 atom stereocenters. The number of benzene rings is 2. The molecule has 0 unspecified atom stereocenters. The van der Waals surface area contributed by atoms with Crippen molar-refractivity contribution in [3.05, 3.63) is 65.4 Å². The molecular formula is C20H20N2O2. The lowest BCUT2D eigenvalue weighted by Gasteiger charge is -2.30. The minimum absolute atomic E-state index is 0.577. The second-order valence-electron chi connectivity index (χ2n) is 6.19. The quantitative estimate of drug-likeness (QED) is 0.733. The number of rotatable bonds is 3. The van der Waals surface area contributed by atoms with Crippen molar-refractivity contribution in [3.63, 3.8) is 0 Å². The molecule has 0 spiro atoms. The summed E-state index contributed by atoms with van der Waals surface area (Å²) < 4.78 is 11.3. The molecule has 24 heavy (non-hydrogen) atoms. The third kappa shape index (κ3) is 2.69. The number of fused-ring (bicyclic) bond motifs is 3. The summed E-state index contributed by atoms with van der Waals surface area (Å²) in [6.07, 6.45) is 1.83. The van der Waals surface area contributed by atoms with E-state index in [9.17, 15) is 0 Å². The maximum atomic E-state index is 6.06. The molecule has 4 rings (SSSR count). The van der Waals surface area contributed by atoms with Crippen molar-refractivity contribution in [2.75, 3.05) is 13.8 Å². The molecule has 2 heterocycles. The molecular weight excluding hydrogens is 300 g/mol. The van der Waals surface area contributed by atoms with Crippen molar-refractivity contribution < 1.29 is 9.47 Å². The van der Waals surface area contributed by atoms with Crippen LogP contribution < -0.4 is 9.47 Å². The summed E-state index contributed by atoms with van der Waals surface area (Å²) in [5.41, 5.74) is 4.67. The second-order valence-corrected chi connectivity index (χ2v) is 6.19. The van der Waals surface area contributed by atoms with Crippen molar-refractivity contribution in [1.29, 1.82) is 0 Å². The molecule has 3 aromatic rings. The molecule has 0 radical (unpaired) electrons. The van der Waals surface area contributed by atoms with Crippen molar-refractivity contribution in [1.82, 2.24) is 9.88 Å². The molecule has 4 heteroatoms. The third-order valence-corrected chi connectivity index (χ3v) is 4.48. The Morgan fingerprint density at radius 2 is 2.04 bits per heavy atom. The molecule has 2 aromatic carbocycles. The average Bonchev–Trinajstić information content (AvgIpc) is 2.62. The number of hydrogen-bond donors (Lipinski definition) is 0. The van der Waals surface area contributed by atoms with Crippen LogP contribution in [0, 0.1) is 6.92 Å². The summed E-state index contributed by atoms with van der Waals surface area (Å²) in [7, 11) is 1.69. The Morgan fingerprint density at radius 1 is 1.21 bits per heavy atom. The van der Waals surface area contributed by atoms with Gasteiger partial charge in [0.15, 0.2) is 5.75 Å². The Kier molecular flexibility index (Phi) is 3.82. The van der Waals surface area contributed by atoms with Crippen molar-refractivity contribution in [2.24, 2.45) is 0 Å². The zero-order valence-corrected chi connectivity index (χ0v) is 14.0. The molecule has 0 saturated carbocycles. The Morgan fingerprint density at radius 3 is 2.83 bits per heavy atom. The van der Waals surface area contributed by atoms with Gasteiger partial charge in [-0.25, -0.2) is 0 Å². The zero-order chi connectivity index (χ0) is 16.5. The van der Waals surface area contributed by atoms with Gasteiger partial charge in [0.05, 0.1) is 7.11 Å². The molecule has 1 aliphatic heterocycles. The van der Waals surface area contributed by atoms with E-state index in [2.05, 4.69) is 41.1 Å². The van der Waals surface area contributed by atoms with Crippen LogP contribution in [0.2, 0.25) is 0 Å². The van der Waals surface area contributed by atoms with E-state index in [0.717, 1.165) is 30.1 Å². The van der Waals surface area contributed by atoms with E-state index >= 15 is 0 Å². The summed E-state index contributed by atoms with van der Waals surface area (Å²) in [4.78, 5) is 6.82. The Hall–Kier alpha value is -2.59. The highest BCUT2D eigenvalue weighted by Crippen LogP contribution is 2.34. The van der Waals surface area contributed by atoms with Crippen molar-refractivity contribution >= 4 is 10.9 Å². The van der Waals surface area contributed by atoms with E-state index in [1.165, 1.54) is 22.1 Å². The Bertz CT molecular complexity index is 875. The van der Waals surface area contributed by atoms with Gasteiger partial charge in [0.2, 0.25) is 0 Å². The van der Waals surface area contributed by atoms with E-state index in [1.54, 1.807) is 7.11 Å². The SMILES string of the molecule is COc1ccc(CN2COc3c(cc(C)c4cccnc34)C2)cc1. The van der Waals surface area contributed by atoms with Crippen LogP contribution in [0.4, 0.5) is 0 Å². The number of methoxy groups -OCH3 is 1. The standard InChI is InChI=1S/C20H20N2O2/c1-14-10-16-12-22(11-15-5-7-17(23-2)8-6-15)13-24-20(16)19-18(14)4-3-9-21-19/h3-10H,11-13H2,1-2H3. The second kappa shape index (κ2) is 6.13. The summed E-state index contributed by atoms with van der Waals surface area (Å²) in [5, 5.41) is 1.17. The molecule has 0 aliphatic carbocycles. The molecule has 122 valence electrons. The lowest BCUT2D eigenvalue weighted by atomic mass is 10.0. The minimum atomic E-state index is 0.577. The summed E-state index contributed by atoms with van der Waals surface area (Å²) >= 11 is 0. The number of aromatic nitrogens is 1. The minimum Gasteiger partial charge on any atom is -0.497 e. The summed E-state index contributed by atoms with van der Waals surface area (Å²) in [5.74, 6) is 1.81. The smallest absolute Gasteiger partial charge is 0.152 e. The van der Waals surface area contributed by atoms with E-state index < -0.39 is 0 Å². The lowest BCUT2D eigenvalue weighted by molar-refractivity contribution is 0.0901. The van der Waals surface area contributed by atoms with Crippen LogP contribution in [0.1, 0.15) is 16.7 Å². The molecule has 0 fully saturated rings. The summed E-state index contributed by atoms with van der Waals surface area (Å²) in [6, 6.07) is 14.5. The van der Waals surface area contributed by atoms with Crippen LogP contribution in [-0.2, 0) is 13.1 Å². The predicted octanol–water partition coefficient (Wildman–Crippen LogP) is 3.90. The number of pyridine rings is 1. The molecule has 0 saturated heterocycles. The molecule has 1 aromatic heterocycles. The first-order valence-electron chi connectivity index (χ1n) is 8.10. The van der Waals surface area contributed by atoms with Gasteiger partial charge in [0, 0.05) is 30.2 Å². The van der Waals surface area contributed by atoms with Gasteiger partial charge in [-0.05, 0) is 36.2 Å². The van der Waals surface area contributed by atoms with Gasteiger partial charge in [-0.3, -0.25) is 9.88 Å². The van der Waals surface area contributed by atoms with E-state index in [0.29, 0.717) is 6.73 Å². The van der Waals surface area contributed by atoms with Gasteiger partial charge in [0.25, 0.3) is 0 Å². The maximum absolute atomic E-state index is 6.06. The van der Waals surface area contributed by atoms with Gasteiger partial charge in [0.1, 0.15) is 18.0 Å². The Balaban J connectivity index is 1.59. The third-order valence-electron chi connectivity index (χ3n) is 4.48. The van der Waals surface area contributed by atoms with Crippen molar-refractivity contribution in [2.45, 2.75) is 20.0 Å². The normalized spacial score (nSPS) is 14.2. The monoisotopic (exact) mass is 320 g/mol. The van der Waals surface area contributed by atoms with E-state index in [1.807, 2.05) is 24.4 Å².